The molecule has 0 aromatic heterocycles. The molecule has 0 N–H and O–H groups in total. The third-order valence-electron chi connectivity index (χ3n) is 2.29. The van der Waals surface area contributed by atoms with E-state index in [1.54, 1.807) is 0 Å². The molecular formula is C7H14Si. The Labute approximate surface area is 56.7 Å². The van der Waals surface area contributed by atoms with Crippen molar-refractivity contribution in [2.24, 2.45) is 11.8 Å². The second-order valence-corrected chi connectivity index (χ2v) is 2.89. The van der Waals surface area contributed by atoms with Gasteiger partial charge in [-0.3, -0.25) is 0 Å². The van der Waals surface area contributed by atoms with E-state index >= 15 is 0 Å². The standard InChI is InChI=1S/C7H14.Si/c1-6-4-3-5-7(6)2;/h6-7H,3-5H2,1-2H3;. The van der Waals surface area contributed by atoms with Gasteiger partial charge in [0, 0.05) is 11.0 Å². The first-order chi connectivity index (χ1) is 3.30. The first-order valence-electron chi connectivity index (χ1n) is 3.30. The van der Waals surface area contributed by atoms with Crippen LogP contribution in [0.1, 0.15) is 33.1 Å². The Kier molecular flexibility index (Phi) is 3.37. The molecular weight excluding hydrogens is 112 g/mol. The number of hydrogen-bond acceptors (Lipinski definition) is 0. The van der Waals surface area contributed by atoms with Crippen LogP contribution in [0.5, 0.6) is 0 Å². The maximum Gasteiger partial charge on any atom is 0 e. The summed E-state index contributed by atoms with van der Waals surface area (Å²) in [6, 6.07) is 0. The second-order valence-electron chi connectivity index (χ2n) is 2.89. The summed E-state index contributed by atoms with van der Waals surface area (Å²) in [5.41, 5.74) is 0. The monoisotopic (exact) mass is 126 g/mol. The molecule has 0 aromatic rings. The third-order valence-corrected chi connectivity index (χ3v) is 2.29. The molecule has 1 fully saturated rings. The largest absolute Gasteiger partial charge is 0.0623 e. The van der Waals surface area contributed by atoms with Gasteiger partial charge >= 0.3 is 0 Å². The average Bonchev–Trinajstić information content (AvgIpc) is 1.91. The maximum absolute atomic E-state index is 2.36. The molecule has 0 nitrogen and oxygen atoms in total. The molecule has 0 bridgehead atoms. The molecule has 8 heavy (non-hydrogen) atoms. The Morgan fingerprint density at radius 3 is 1.50 bits per heavy atom. The normalized spacial score (nSPS) is 36.8. The van der Waals surface area contributed by atoms with Crippen molar-refractivity contribution >= 4 is 11.0 Å². The highest BCUT2D eigenvalue weighted by Crippen LogP contribution is 2.29. The van der Waals surface area contributed by atoms with Crippen LogP contribution in [-0.4, -0.2) is 11.0 Å². The molecule has 2 atom stereocenters. The molecule has 1 heteroatoms. The van der Waals surface area contributed by atoms with E-state index in [9.17, 15) is 0 Å². The van der Waals surface area contributed by atoms with Crippen LogP contribution in [-0.2, 0) is 0 Å². The Morgan fingerprint density at radius 1 is 1.00 bits per heavy atom. The quantitative estimate of drug-likeness (QED) is 0.436. The first-order valence-corrected chi connectivity index (χ1v) is 3.30. The van der Waals surface area contributed by atoms with Crippen molar-refractivity contribution in [2.75, 3.05) is 0 Å². The zero-order valence-corrected chi connectivity index (χ0v) is 6.78. The van der Waals surface area contributed by atoms with Crippen molar-refractivity contribution in [1.82, 2.24) is 0 Å². The SMILES string of the molecule is CC1CCCC1C.[Si]. The van der Waals surface area contributed by atoms with Crippen LogP contribution >= 0.6 is 0 Å². The predicted octanol–water partition coefficient (Wildman–Crippen LogP) is 2.06. The molecule has 46 valence electrons. The molecule has 0 heterocycles. The topological polar surface area (TPSA) is 0 Å². The van der Waals surface area contributed by atoms with Crippen molar-refractivity contribution in [3.63, 3.8) is 0 Å². The van der Waals surface area contributed by atoms with Crippen LogP contribution in [0.4, 0.5) is 0 Å². The molecule has 1 aliphatic carbocycles. The average molecular weight is 126 g/mol. The van der Waals surface area contributed by atoms with E-state index in [4.69, 9.17) is 0 Å². The van der Waals surface area contributed by atoms with E-state index in [0.29, 0.717) is 0 Å². The van der Waals surface area contributed by atoms with Gasteiger partial charge in [-0.05, 0) is 11.8 Å². The lowest BCUT2D eigenvalue weighted by molar-refractivity contribution is 0.457. The van der Waals surface area contributed by atoms with Gasteiger partial charge in [-0.1, -0.05) is 33.1 Å². The van der Waals surface area contributed by atoms with Gasteiger partial charge in [-0.25, -0.2) is 0 Å². The summed E-state index contributed by atoms with van der Waals surface area (Å²) in [5.74, 6) is 2.03. The minimum Gasteiger partial charge on any atom is -0.0623 e. The Hall–Kier alpha value is 0.217. The fourth-order valence-corrected chi connectivity index (χ4v) is 1.33. The van der Waals surface area contributed by atoms with Gasteiger partial charge in [0.1, 0.15) is 0 Å². The molecule has 0 amide bonds. The van der Waals surface area contributed by atoms with Crippen LogP contribution in [0, 0.1) is 11.8 Å². The Morgan fingerprint density at radius 2 is 1.38 bits per heavy atom. The van der Waals surface area contributed by atoms with Crippen LogP contribution in [0.2, 0.25) is 0 Å². The lowest BCUT2D eigenvalue weighted by atomic mass is 10.0. The fourth-order valence-electron chi connectivity index (χ4n) is 1.33. The van der Waals surface area contributed by atoms with E-state index < -0.39 is 0 Å². The van der Waals surface area contributed by atoms with E-state index in [-0.39, 0.29) is 11.0 Å². The molecule has 1 rings (SSSR count). The Balaban J connectivity index is 0.000000490. The molecule has 0 aromatic carbocycles. The van der Waals surface area contributed by atoms with Gasteiger partial charge in [0.25, 0.3) is 0 Å². The van der Waals surface area contributed by atoms with Gasteiger partial charge in [-0.2, -0.15) is 0 Å². The van der Waals surface area contributed by atoms with Gasteiger partial charge in [0.15, 0.2) is 0 Å². The number of hydrogen-bond donors (Lipinski definition) is 0. The number of rotatable bonds is 0. The third kappa shape index (κ3) is 1.62. The zero-order chi connectivity index (χ0) is 5.28. The molecule has 4 radical (unpaired) electrons. The second kappa shape index (κ2) is 3.28. The fraction of sp³-hybridized carbons (Fsp3) is 1.00. The molecule has 2 unspecified atom stereocenters. The summed E-state index contributed by atoms with van der Waals surface area (Å²) in [7, 11) is 0. The maximum atomic E-state index is 2.36. The summed E-state index contributed by atoms with van der Waals surface area (Å²) >= 11 is 0. The van der Waals surface area contributed by atoms with Gasteiger partial charge in [-0.15, -0.1) is 0 Å². The Bertz CT molecular complexity index is 53.4. The smallest absolute Gasteiger partial charge is 0 e. The zero-order valence-electron chi connectivity index (χ0n) is 5.78. The highest BCUT2D eigenvalue weighted by atomic mass is 28.1. The van der Waals surface area contributed by atoms with E-state index in [0.717, 1.165) is 11.8 Å². The highest BCUT2D eigenvalue weighted by Gasteiger charge is 2.17. The van der Waals surface area contributed by atoms with Gasteiger partial charge in [0.2, 0.25) is 0 Å². The predicted molar refractivity (Wildman–Crippen MR) is 37.9 cm³/mol. The summed E-state index contributed by atoms with van der Waals surface area (Å²) in [4.78, 5) is 0. The molecule has 1 aliphatic rings. The van der Waals surface area contributed by atoms with Crippen LogP contribution in [0.25, 0.3) is 0 Å². The van der Waals surface area contributed by atoms with Crippen LogP contribution in [0.3, 0.4) is 0 Å². The van der Waals surface area contributed by atoms with Gasteiger partial charge < -0.3 is 0 Å². The van der Waals surface area contributed by atoms with Crippen molar-refractivity contribution in [1.29, 1.82) is 0 Å². The van der Waals surface area contributed by atoms with E-state index in [2.05, 4.69) is 13.8 Å². The van der Waals surface area contributed by atoms with Crippen molar-refractivity contribution in [3.05, 3.63) is 0 Å². The van der Waals surface area contributed by atoms with Crippen LogP contribution < -0.4 is 0 Å². The molecule has 0 aliphatic heterocycles. The summed E-state index contributed by atoms with van der Waals surface area (Å²) < 4.78 is 0. The lowest BCUT2D eigenvalue weighted by Gasteiger charge is -2.05. The molecule has 0 spiro atoms. The van der Waals surface area contributed by atoms with Crippen molar-refractivity contribution in [3.8, 4) is 0 Å². The first kappa shape index (κ1) is 8.22. The summed E-state index contributed by atoms with van der Waals surface area (Å²) in [5, 5.41) is 0. The molecule has 0 saturated heterocycles. The minimum atomic E-state index is 0. The summed E-state index contributed by atoms with van der Waals surface area (Å²) in [6.45, 7) is 4.72. The van der Waals surface area contributed by atoms with E-state index in [1.807, 2.05) is 0 Å². The highest BCUT2D eigenvalue weighted by molar-refractivity contribution is 5.75. The summed E-state index contributed by atoms with van der Waals surface area (Å²) in [6.07, 6.45) is 4.42. The van der Waals surface area contributed by atoms with Crippen molar-refractivity contribution < 1.29 is 0 Å². The minimum absolute atomic E-state index is 0. The van der Waals surface area contributed by atoms with E-state index in [1.165, 1.54) is 19.3 Å². The van der Waals surface area contributed by atoms with Crippen LogP contribution in [0.15, 0.2) is 0 Å². The lowest BCUT2D eigenvalue weighted by Crippen LogP contribution is -1.95. The van der Waals surface area contributed by atoms with Crippen molar-refractivity contribution in [2.45, 2.75) is 33.1 Å². The molecule has 1 saturated carbocycles. The van der Waals surface area contributed by atoms with Gasteiger partial charge in [0.05, 0.1) is 0 Å².